The number of aromatic carboxylic acids is 1. The van der Waals surface area contributed by atoms with Gasteiger partial charge in [0.05, 0.1) is 21.7 Å². The highest BCUT2D eigenvalue weighted by Crippen LogP contribution is 2.40. The molecule has 0 spiro atoms. The molecule has 0 aliphatic rings. The highest BCUT2D eigenvalue weighted by atomic mass is 79.9. The first-order chi connectivity index (χ1) is 13.1. The summed E-state index contributed by atoms with van der Waals surface area (Å²) in [7, 11) is 0. The van der Waals surface area contributed by atoms with Gasteiger partial charge in [0, 0.05) is 20.3 Å². The molecule has 0 aliphatic heterocycles. The van der Waals surface area contributed by atoms with Crippen LogP contribution in [-0.4, -0.2) is 16.1 Å². The smallest absolute Gasteiger partial charge is 0.337 e. The van der Waals surface area contributed by atoms with Gasteiger partial charge in [0.25, 0.3) is 0 Å². The molecule has 0 saturated carbocycles. The van der Waals surface area contributed by atoms with Crippen LogP contribution in [0.5, 0.6) is 0 Å². The maximum Gasteiger partial charge on any atom is 0.337 e. The van der Waals surface area contributed by atoms with E-state index in [1.54, 1.807) is 0 Å². The SMILES string of the molecule is O=C(O)c1c(Sc2ccc(Br)cc2)c(-c2ccccc2)nc2ccccc12. The van der Waals surface area contributed by atoms with Gasteiger partial charge in [-0.05, 0) is 30.3 Å². The third kappa shape index (κ3) is 3.61. The third-order valence-corrected chi connectivity index (χ3v) is 5.78. The van der Waals surface area contributed by atoms with Crippen LogP contribution in [0.4, 0.5) is 0 Å². The van der Waals surface area contributed by atoms with Crippen molar-refractivity contribution in [3.63, 3.8) is 0 Å². The van der Waals surface area contributed by atoms with Gasteiger partial charge in [0.15, 0.2) is 0 Å². The van der Waals surface area contributed by atoms with Crippen molar-refractivity contribution in [2.75, 3.05) is 0 Å². The standard InChI is InChI=1S/C22H14BrNO2S/c23-15-10-12-16(13-11-15)27-21-19(22(25)26)17-8-4-5-9-18(17)24-20(21)14-6-2-1-3-7-14/h1-13H,(H,25,26). The number of rotatable bonds is 4. The zero-order chi connectivity index (χ0) is 18.8. The zero-order valence-electron chi connectivity index (χ0n) is 14.1. The number of hydrogen-bond donors (Lipinski definition) is 1. The molecule has 0 radical (unpaired) electrons. The van der Waals surface area contributed by atoms with Crippen molar-refractivity contribution in [3.05, 3.63) is 88.9 Å². The molecular weight excluding hydrogens is 422 g/mol. The predicted molar refractivity (Wildman–Crippen MR) is 112 cm³/mol. The first-order valence-electron chi connectivity index (χ1n) is 8.28. The Balaban J connectivity index is 2.01. The summed E-state index contributed by atoms with van der Waals surface area (Å²) in [5, 5.41) is 10.7. The second-order valence-electron chi connectivity index (χ2n) is 5.91. The Kier molecular flexibility index (Phi) is 4.97. The minimum absolute atomic E-state index is 0.285. The molecule has 3 aromatic carbocycles. The van der Waals surface area contributed by atoms with Crippen LogP contribution in [0.15, 0.2) is 93.1 Å². The molecule has 4 aromatic rings. The van der Waals surface area contributed by atoms with Crippen LogP contribution in [0.3, 0.4) is 0 Å². The number of carboxylic acid groups (broad SMARTS) is 1. The topological polar surface area (TPSA) is 50.2 Å². The van der Waals surface area contributed by atoms with Crippen LogP contribution in [0, 0.1) is 0 Å². The van der Waals surface area contributed by atoms with E-state index in [0.717, 1.165) is 14.9 Å². The van der Waals surface area contributed by atoms with Crippen molar-refractivity contribution in [2.45, 2.75) is 9.79 Å². The summed E-state index contributed by atoms with van der Waals surface area (Å²) < 4.78 is 0.977. The molecule has 1 N–H and O–H groups in total. The number of hydrogen-bond acceptors (Lipinski definition) is 3. The van der Waals surface area contributed by atoms with Crippen molar-refractivity contribution in [2.24, 2.45) is 0 Å². The fourth-order valence-electron chi connectivity index (χ4n) is 2.92. The quantitative estimate of drug-likeness (QED) is 0.396. The Labute approximate surface area is 169 Å². The molecule has 1 aromatic heterocycles. The van der Waals surface area contributed by atoms with E-state index in [-0.39, 0.29) is 5.56 Å². The number of aromatic nitrogens is 1. The van der Waals surface area contributed by atoms with E-state index in [2.05, 4.69) is 15.9 Å². The minimum atomic E-state index is -0.953. The van der Waals surface area contributed by atoms with Gasteiger partial charge in [-0.1, -0.05) is 76.2 Å². The number of halogens is 1. The normalized spacial score (nSPS) is 10.9. The Bertz CT molecular complexity index is 1130. The molecule has 0 amide bonds. The monoisotopic (exact) mass is 435 g/mol. The number of nitrogens with zero attached hydrogens (tertiary/aromatic N) is 1. The summed E-state index contributed by atoms with van der Waals surface area (Å²) in [6, 6.07) is 24.9. The molecule has 1 heterocycles. The van der Waals surface area contributed by atoms with Gasteiger partial charge in [-0.15, -0.1) is 0 Å². The van der Waals surface area contributed by atoms with Gasteiger partial charge >= 0.3 is 5.97 Å². The lowest BCUT2D eigenvalue weighted by atomic mass is 10.0. The summed E-state index contributed by atoms with van der Waals surface area (Å²) in [5.74, 6) is -0.953. The number of carboxylic acids is 1. The van der Waals surface area contributed by atoms with Gasteiger partial charge in [0.2, 0.25) is 0 Å². The molecule has 0 atom stereocenters. The Hall–Kier alpha value is -2.63. The first-order valence-corrected chi connectivity index (χ1v) is 9.89. The van der Waals surface area contributed by atoms with Gasteiger partial charge in [-0.25, -0.2) is 9.78 Å². The van der Waals surface area contributed by atoms with Gasteiger partial charge < -0.3 is 5.11 Å². The van der Waals surface area contributed by atoms with Crippen molar-refractivity contribution in [3.8, 4) is 11.3 Å². The summed E-state index contributed by atoms with van der Waals surface area (Å²) in [6.45, 7) is 0. The Morgan fingerprint density at radius 3 is 2.26 bits per heavy atom. The highest BCUT2D eigenvalue weighted by molar-refractivity contribution is 9.10. The van der Waals surface area contributed by atoms with Gasteiger partial charge in [-0.2, -0.15) is 0 Å². The molecule has 3 nitrogen and oxygen atoms in total. The number of carbonyl (C=O) groups is 1. The van der Waals surface area contributed by atoms with Crippen LogP contribution < -0.4 is 0 Å². The molecule has 132 valence electrons. The van der Waals surface area contributed by atoms with E-state index in [4.69, 9.17) is 4.98 Å². The Morgan fingerprint density at radius 1 is 0.889 bits per heavy atom. The molecule has 0 fully saturated rings. The molecule has 4 rings (SSSR count). The second-order valence-corrected chi connectivity index (χ2v) is 7.91. The summed E-state index contributed by atoms with van der Waals surface area (Å²) in [4.78, 5) is 18.6. The fourth-order valence-corrected chi connectivity index (χ4v) is 4.25. The zero-order valence-corrected chi connectivity index (χ0v) is 16.5. The first kappa shape index (κ1) is 17.8. The van der Waals surface area contributed by atoms with E-state index < -0.39 is 5.97 Å². The number of benzene rings is 3. The van der Waals surface area contributed by atoms with E-state index in [1.165, 1.54) is 11.8 Å². The third-order valence-electron chi connectivity index (χ3n) is 4.14. The van der Waals surface area contributed by atoms with Crippen molar-refractivity contribution >= 4 is 44.6 Å². The van der Waals surface area contributed by atoms with Crippen molar-refractivity contribution in [1.29, 1.82) is 0 Å². The summed E-state index contributed by atoms with van der Waals surface area (Å²) in [5.41, 5.74) is 2.53. The van der Waals surface area contributed by atoms with Gasteiger partial charge in [0.1, 0.15) is 0 Å². The van der Waals surface area contributed by atoms with E-state index in [0.29, 0.717) is 21.5 Å². The maximum absolute atomic E-state index is 12.2. The Morgan fingerprint density at radius 2 is 1.56 bits per heavy atom. The number of para-hydroxylation sites is 1. The van der Waals surface area contributed by atoms with Crippen LogP contribution in [0.2, 0.25) is 0 Å². The van der Waals surface area contributed by atoms with E-state index in [1.807, 2.05) is 78.9 Å². The van der Waals surface area contributed by atoms with Crippen molar-refractivity contribution in [1.82, 2.24) is 4.98 Å². The number of fused-ring (bicyclic) bond motifs is 1. The lowest BCUT2D eigenvalue weighted by Crippen LogP contribution is -2.04. The molecule has 0 saturated heterocycles. The fraction of sp³-hybridized carbons (Fsp3) is 0. The highest BCUT2D eigenvalue weighted by Gasteiger charge is 2.22. The van der Waals surface area contributed by atoms with Crippen LogP contribution >= 0.6 is 27.7 Å². The van der Waals surface area contributed by atoms with Crippen LogP contribution in [0.1, 0.15) is 10.4 Å². The predicted octanol–water partition coefficient (Wildman–Crippen LogP) is 6.51. The van der Waals surface area contributed by atoms with Crippen molar-refractivity contribution < 1.29 is 9.90 Å². The van der Waals surface area contributed by atoms with E-state index >= 15 is 0 Å². The molecule has 27 heavy (non-hydrogen) atoms. The largest absolute Gasteiger partial charge is 0.478 e. The second kappa shape index (κ2) is 7.55. The maximum atomic E-state index is 12.2. The lowest BCUT2D eigenvalue weighted by molar-refractivity contribution is 0.0695. The average Bonchev–Trinajstić information content (AvgIpc) is 2.69. The number of pyridine rings is 1. The van der Waals surface area contributed by atoms with Crippen LogP contribution in [0.25, 0.3) is 22.2 Å². The lowest BCUT2D eigenvalue weighted by Gasteiger charge is -2.15. The molecule has 0 aliphatic carbocycles. The molecule has 0 bridgehead atoms. The molecular formula is C22H14BrNO2S. The molecule has 0 unspecified atom stereocenters. The summed E-state index contributed by atoms with van der Waals surface area (Å²) >= 11 is 4.86. The summed E-state index contributed by atoms with van der Waals surface area (Å²) in [6.07, 6.45) is 0. The van der Waals surface area contributed by atoms with Gasteiger partial charge in [-0.3, -0.25) is 0 Å². The van der Waals surface area contributed by atoms with E-state index in [9.17, 15) is 9.90 Å². The average molecular weight is 436 g/mol. The van der Waals surface area contributed by atoms with Crippen LogP contribution in [-0.2, 0) is 0 Å². The molecule has 5 heteroatoms. The minimum Gasteiger partial charge on any atom is -0.478 e.